The average Bonchev–Trinajstić information content (AvgIpc) is 3.29. The monoisotopic (exact) mass is 491 g/mol. The van der Waals surface area contributed by atoms with Crippen LogP contribution in [0.1, 0.15) is 21.5 Å². The third kappa shape index (κ3) is 4.81. The number of aryl methyl sites for hydroxylation is 1. The van der Waals surface area contributed by atoms with Gasteiger partial charge in [0.15, 0.2) is 0 Å². The molecule has 0 aliphatic carbocycles. The van der Waals surface area contributed by atoms with Gasteiger partial charge in [-0.05, 0) is 54.4 Å². The molecule has 3 aromatic carbocycles. The van der Waals surface area contributed by atoms with Gasteiger partial charge in [-0.25, -0.2) is 13.1 Å². The average molecular weight is 492 g/mol. The number of ether oxygens (including phenoxy) is 1. The molecule has 0 radical (unpaired) electrons. The highest BCUT2D eigenvalue weighted by atomic mass is 32.2. The van der Waals surface area contributed by atoms with Gasteiger partial charge in [-0.2, -0.15) is 4.31 Å². The van der Waals surface area contributed by atoms with Gasteiger partial charge < -0.3 is 10.1 Å². The van der Waals surface area contributed by atoms with Gasteiger partial charge in [0.2, 0.25) is 10.0 Å². The zero-order chi connectivity index (χ0) is 24.4. The van der Waals surface area contributed by atoms with E-state index < -0.39 is 10.0 Å². The number of rotatable bonds is 6. The Kier molecular flexibility index (Phi) is 6.33. The normalized spacial score (nSPS) is 14.8. The molecular weight excluding hydrogens is 466 g/mol. The van der Waals surface area contributed by atoms with Crippen LogP contribution >= 0.6 is 0 Å². The van der Waals surface area contributed by atoms with Gasteiger partial charge in [0.05, 0.1) is 30.2 Å². The predicted octanol–water partition coefficient (Wildman–Crippen LogP) is 3.06. The number of aromatic nitrogens is 3. The third-order valence-corrected chi connectivity index (χ3v) is 7.93. The maximum atomic E-state index is 13.0. The van der Waals surface area contributed by atoms with Crippen LogP contribution in [0.3, 0.4) is 0 Å². The van der Waals surface area contributed by atoms with E-state index in [0.717, 1.165) is 22.2 Å². The number of morpholine rings is 1. The molecule has 180 valence electrons. The number of anilines is 1. The van der Waals surface area contributed by atoms with Crippen LogP contribution in [-0.2, 0) is 21.3 Å². The standard InChI is InChI=1S/C25H25N5O4S/c1-18-6-11-21(35(32,33)29-12-14-34-15-13-29)16-23(18)26-25(31)20-9-7-19(8-10-20)17-30-24-5-3-2-4-22(24)27-28-30/h2-11,16H,12-15,17H2,1H3,(H,26,31). The molecule has 2 heterocycles. The van der Waals surface area contributed by atoms with Crippen molar-refractivity contribution in [2.75, 3.05) is 31.6 Å². The molecule has 1 fully saturated rings. The van der Waals surface area contributed by atoms with Crippen LogP contribution in [0, 0.1) is 6.92 Å². The molecule has 0 spiro atoms. The van der Waals surface area contributed by atoms with Gasteiger partial charge in [0, 0.05) is 24.3 Å². The van der Waals surface area contributed by atoms with Gasteiger partial charge in [-0.15, -0.1) is 5.10 Å². The van der Waals surface area contributed by atoms with Gasteiger partial charge in [0.25, 0.3) is 5.91 Å². The molecule has 1 amide bonds. The number of para-hydroxylation sites is 1. The maximum absolute atomic E-state index is 13.0. The molecule has 1 saturated heterocycles. The smallest absolute Gasteiger partial charge is 0.255 e. The molecular formula is C25H25N5O4S. The Morgan fingerprint density at radius 3 is 2.54 bits per heavy atom. The quantitative estimate of drug-likeness (QED) is 0.444. The van der Waals surface area contributed by atoms with E-state index in [1.54, 1.807) is 24.3 Å². The van der Waals surface area contributed by atoms with Gasteiger partial charge >= 0.3 is 0 Å². The Morgan fingerprint density at radius 1 is 1.03 bits per heavy atom. The minimum absolute atomic E-state index is 0.149. The van der Waals surface area contributed by atoms with E-state index in [1.165, 1.54) is 10.4 Å². The Morgan fingerprint density at radius 2 is 1.77 bits per heavy atom. The summed E-state index contributed by atoms with van der Waals surface area (Å²) >= 11 is 0. The van der Waals surface area contributed by atoms with Crippen LogP contribution in [-0.4, -0.2) is 59.9 Å². The number of carbonyl (C=O) groups excluding carboxylic acids is 1. The van der Waals surface area contributed by atoms with Crippen LogP contribution in [0.4, 0.5) is 5.69 Å². The van der Waals surface area contributed by atoms with Crippen LogP contribution in [0.2, 0.25) is 0 Å². The number of nitrogens with zero attached hydrogens (tertiary/aromatic N) is 4. The van der Waals surface area contributed by atoms with Crippen molar-refractivity contribution in [2.45, 2.75) is 18.4 Å². The van der Waals surface area contributed by atoms with Crippen LogP contribution < -0.4 is 5.32 Å². The van der Waals surface area contributed by atoms with Crippen molar-refractivity contribution in [3.05, 3.63) is 83.4 Å². The number of amides is 1. The molecule has 0 saturated carbocycles. The lowest BCUT2D eigenvalue weighted by Crippen LogP contribution is -2.40. The van der Waals surface area contributed by atoms with Crippen molar-refractivity contribution in [2.24, 2.45) is 0 Å². The molecule has 1 aromatic heterocycles. The largest absolute Gasteiger partial charge is 0.379 e. The zero-order valence-corrected chi connectivity index (χ0v) is 20.0. The zero-order valence-electron chi connectivity index (χ0n) is 19.2. The number of benzene rings is 3. The van der Waals surface area contributed by atoms with Crippen LogP contribution in [0.15, 0.2) is 71.6 Å². The molecule has 0 unspecified atom stereocenters. The van der Waals surface area contributed by atoms with Crippen molar-refractivity contribution in [3.8, 4) is 0 Å². The van der Waals surface area contributed by atoms with Crippen LogP contribution in [0.5, 0.6) is 0 Å². The van der Waals surface area contributed by atoms with Crippen LogP contribution in [0.25, 0.3) is 11.0 Å². The van der Waals surface area contributed by atoms with E-state index in [4.69, 9.17) is 4.74 Å². The second-order valence-electron chi connectivity index (χ2n) is 8.38. The second kappa shape index (κ2) is 9.57. The summed E-state index contributed by atoms with van der Waals surface area (Å²) in [4.78, 5) is 13.1. The minimum atomic E-state index is -3.66. The maximum Gasteiger partial charge on any atom is 0.255 e. The molecule has 35 heavy (non-hydrogen) atoms. The summed E-state index contributed by atoms with van der Waals surface area (Å²) in [5.41, 5.74) is 4.45. The fourth-order valence-electron chi connectivity index (χ4n) is 4.00. The van der Waals surface area contributed by atoms with E-state index in [0.29, 0.717) is 44.1 Å². The number of fused-ring (bicyclic) bond motifs is 1. The fourth-order valence-corrected chi connectivity index (χ4v) is 5.43. The lowest BCUT2D eigenvalue weighted by molar-refractivity contribution is 0.0730. The molecule has 1 aliphatic heterocycles. The Bertz CT molecular complexity index is 1480. The first-order valence-corrected chi connectivity index (χ1v) is 12.7. The highest BCUT2D eigenvalue weighted by molar-refractivity contribution is 7.89. The number of sulfonamides is 1. The summed E-state index contributed by atoms with van der Waals surface area (Å²) in [6.07, 6.45) is 0. The van der Waals surface area contributed by atoms with Gasteiger partial charge in [-0.1, -0.05) is 35.5 Å². The molecule has 0 bridgehead atoms. The first kappa shape index (κ1) is 23.2. The molecule has 5 rings (SSSR count). The third-order valence-electron chi connectivity index (χ3n) is 6.03. The summed E-state index contributed by atoms with van der Waals surface area (Å²) in [7, 11) is -3.66. The minimum Gasteiger partial charge on any atom is -0.379 e. The highest BCUT2D eigenvalue weighted by Gasteiger charge is 2.27. The van der Waals surface area contributed by atoms with Crippen molar-refractivity contribution >= 4 is 32.7 Å². The Labute approximate surface area is 203 Å². The SMILES string of the molecule is Cc1ccc(S(=O)(=O)N2CCOCC2)cc1NC(=O)c1ccc(Cn2nnc3ccccc32)cc1. The van der Waals surface area contributed by atoms with Gasteiger partial charge in [-0.3, -0.25) is 4.79 Å². The highest BCUT2D eigenvalue weighted by Crippen LogP contribution is 2.24. The molecule has 0 atom stereocenters. The summed E-state index contributed by atoms with van der Waals surface area (Å²) in [6, 6.07) is 19.8. The number of carbonyl (C=O) groups is 1. The van der Waals surface area contributed by atoms with E-state index >= 15 is 0 Å². The lowest BCUT2D eigenvalue weighted by atomic mass is 10.1. The van der Waals surface area contributed by atoms with E-state index in [-0.39, 0.29) is 10.8 Å². The van der Waals surface area contributed by atoms with E-state index in [2.05, 4.69) is 15.6 Å². The summed E-state index contributed by atoms with van der Waals surface area (Å²) in [5.74, 6) is -0.313. The van der Waals surface area contributed by atoms with Crippen molar-refractivity contribution < 1.29 is 17.9 Å². The van der Waals surface area contributed by atoms with Crippen molar-refractivity contribution in [3.63, 3.8) is 0 Å². The van der Waals surface area contributed by atoms with Crippen molar-refractivity contribution in [1.29, 1.82) is 0 Å². The number of hydrogen-bond acceptors (Lipinski definition) is 6. The molecule has 10 heteroatoms. The number of hydrogen-bond donors (Lipinski definition) is 1. The first-order chi connectivity index (χ1) is 16.9. The summed E-state index contributed by atoms with van der Waals surface area (Å²) in [6.45, 7) is 3.73. The molecule has 9 nitrogen and oxygen atoms in total. The summed E-state index contributed by atoms with van der Waals surface area (Å²) < 4.78 is 34.5. The Hall–Kier alpha value is -3.60. The first-order valence-electron chi connectivity index (χ1n) is 11.3. The second-order valence-corrected chi connectivity index (χ2v) is 10.3. The van der Waals surface area contributed by atoms with E-state index in [1.807, 2.05) is 48.0 Å². The predicted molar refractivity (Wildman–Crippen MR) is 132 cm³/mol. The number of nitrogens with one attached hydrogen (secondary N) is 1. The fraction of sp³-hybridized carbons (Fsp3) is 0.240. The van der Waals surface area contributed by atoms with E-state index in [9.17, 15) is 13.2 Å². The molecule has 1 aliphatic rings. The summed E-state index contributed by atoms with van der Waals surface area (Å²) in [5, 5.41) is 11.2. The molecule has 4 aromatic rings. The molecule has 1 N–H and O–H groups in total. The lowest BCUT2D eigenvalue weighted by Gasteiger charge is -2.26. The topological polar surface area (TPSA) is 106 Å². The Balaban J connectivity index is 1.31. The van der Waals surface area contributed by atoms with Gasteiger partial charge in [0.1, 0.15) is 5.52 Å². The van der Waals surface area contributed by atoms with Crippen molar-refractivity contribution in [1.82, 2.24) is 19.3 Å².